The second-order valence-electron chi connectivity index (χ2n) is 3.49. The first-order valence-electron chi connectivity index (χ1n) is 5.43. The summed E-state index contributed by atoms with van der Waals surface area (Å²) in [5, 5.41) is 3.48. The van der Waals surface area contributed by atoms with E-state index in [1.165, 1.54) is 30.8 Å². The van der Waals surface area contributed by atoms with Crippen molar-refractivity contribution >= 4 is 11.8 Å². The van der Waals surface area contributed by atoms with Crippen LogP contribution in [0.15, 0.2) is 11.8 Å². The third-order valence-electron chi connectivity index (χ3n) is 2.37. The van der Waals surface area contributed by atoms with Gasteiger partial charge in [-0.2, -0.15) is 11.8 Å². The maximum Gasteiger partial charge on any atom is 0.109 e. The summed E-state index contributed by atoms with van der Waals surface area (Å²) in [4.78, 5) is 0. The summed E-state index contributed by atoms with van der Waals surface area (Å²) in [5.41, 5.74) is 0. The summed E-state index contributed by atoms with van der Waals surface area (Å²) in [7, 11) is 0. The second-order valence-corrected chi connectivity index (χ2v) is 4.47. The zero-order chi connectivity index (χ0) is 10.2. The molecule has 0 bridgehead atoms. The summed E-state index contributed by atoms with van der Waals surface area (Å²) in [6.45, 7) is 4.06. The quantitative estimate of drug-likeness (QED) is 0.735. The van der Waals surface area contributed by atoms with E-state index in [1.807, 2.05) is 11.8 Å². The van der Waals surface area contributed by atoms with Crippen LogP contribution in [0.2, 0.25) is 0 Å². The van der Waals surface area contributed by atoms with Crippen LogP contribution in [0.1, 0.15) is 26.2 Å². The van der Waals surface area contributed by atoms with Crippen molar-refractivity contribution in [1.29, 1.82) is 0 Å². The maximum absolute atomic E-state index is 5.68. The van der Waals surface area contributed by atoms with Crippen LogP contribution >= 0.6 is 11.8 Å². The molecule has 0 spiro atoms. The highest BCUT2D eigenvalue weighted by Gasteiger charge is 2.15. The molecule has 1 heterocycles. The Morgan fingerprint density at radius 3 is 3.07 bits per heavy atom. The Hall–Kier alpha value is -0.150. The maximum atomic E-state index is 5.68. The van der Waals surface area contributed by atoms with Gasteiger partial charge < -0.3 is 10.1 Å². The number of hydrogen-bond donors (Lipinski definition) is 1. The fraction of sp³-hybridized carbons (Fsp3) is 0.818. The second kappa shape index (κ2) is 7.18. The fourth-order valence-electron chi connectivity index (χ4n) is 1.65. The number of rotatable bonds is 6. The molecule has 1 aliphatic heterocycles. The number of nitrogens with one attached hydrogen (secondary N) is 1. The third-order valence-corrected chi connectivity index (χ3v) is 3.01. The largest absolute Gasteiger partial charge is 0.497 e. The van der Waals surface area contributed by atoms with Gasteiger partial charge in [0.25, 0.3) is 0 Å². The van der Waals surface area contributed by atoms with Gasteiger partial charge in [-0.25, -0.2) is 0 Å². The minimum absolute atomic E-state index is 0.438. The van der Waals surface area contributed by atoms with E-state index in [1.54, 1.807) is 0 Å². The van der Waals surface area contributed by atoms with Crippen molar-refractivity contribution in [2.24, 2.45) is 0 Å². The van der Waals surface area contributed by atoms with Crippen LogP contribution in [0.25, 0.3) is 0 Å². The monoisotopic (exact) mass is 215 g/mol. The van der Waals surface area contributed by atoms with Gasteiger partial charge in [-0.15, -0.1) is 0 Å². The molecule has 3 heteroatoms. The molecule has 1 aliphatic rings. The Bertz CT molecular complexity index is 182. The Morgan fingerprint density at radius 2 is 2.50 bits per heavy atom. The molecular weight excluding hydrogens is 194 g/mol. The fourth-order valence-corrected chi connectivity index (χ4v) is 2.12. The number of ether oxygens (including phenoxy) is 1. The molecule has 0 aliphatic carbocycles. The molecule has 0 aromatic rings. The molecule has 1 N–H and O–H groups in total. The molecule has 0 amide bonds. The van der Waals surface area contributed by atoms with Gasteiger partial charge in [-0.05, 0) is 43.9 Å². The van der Waals surface area contributed by atoms with Crippen LogP contribution in [-0.4, -0.2) is 31.2 Å². The number of thioether (sulfide) groups is 1. The van der Waals surface area contributed by atoms with Crippen LogP contribution in [0.3, 0.4) is 0 Å². The highest BCUT2D eigenvalue weighted by Crippen LogP contribution is 2.17. The molecule has 0 radical (unpaired) electrons. The van der Waals surface area contributed by atoms with Gasteiger partial charge in [-0.3, -0.25) is 0 Å². The Morgan fingerprint density at radius 1 is 1.64 bits per heavy atom. The third kappa shape index (κ3) is 3.93. The smallest absolute Gasteiger partial charge is 0.109 e. The topological polar surface area (TPSA) is 21.3 Å². The van der Waals surface area contributed by atoms with Crippen LogP contribution in [0.5, 0.6) is 0 Å². The van der Waals surface area contributed by atoms with E-state index in [0.29, 0.717) is 6.04 Å². The molecule has 0 aromatic heterocycles. The molecule has 2 nitrogen and oxygen atoms in total. The van der Waals surface area contributed by atoms with Gasteiger partial charge in [0.05, 0.1) is 12.6 Å². The van der Waals surface area contributed by atoms with Crippen LogP contribution in [-0.2, 0) is 4.74 Å². The molecule has 1 rings (SSSR count). The van der Waals surface area contributed by atoms with Crippen molar-refractivity contribution in [2.45, 2.75) is 32.2 Å². The molecule has 1 unspecified atom stereocenters. The lowest BCUT2D eigenvalue weighted by atomic mass is 10.1. The van der Waals surface area contributed by atoms with E-state index >= 15 is 0 Å². The molecule has 0 saturated heterocycles. The average molecular weight is 215 g/mol. The van der Waals surface area contributed by atoms with E-state index in [9.17, 15) is 0 Å². The molecule has 0 fully saturated rings. The lowest BCUT2D eigenvalue weighted by Crippen LogP contribution is -2.33. The standard InChI is InChI=1S/C11H21NOS/c1-3-12-10(7-9-14-2)11-6-4-5-8-13-11/h6,10,12H,3-5,7-9H2,1-2H3. The molecule has 1 atom stereocenters. The molecular formula is C11H21NOS. The van der Waals surface area contributed by atoms with Crippen molar-refractivity contribution in [3.63, 3.8) is 0 Å². The lowest BCUT2D eigenvalue weighted by molar-refractivity contribution is 0.167. The van der Waals surface area contributed by atoms with Gasteiger partial charge in [0.2, 0.25) is 0 Å². The van der Waals surface area contributed by atoms with Crippen LogP contribution < -0.4 is 5.32 Å². The first-order valence-corrected chi connectivity index (χ1v) is 6.83. The highest BCUT2D eigenvalue weighted by atomic mass is 32.2. The zero-order valence-electron chi connectivity index (χ0n) is 9.21. The summed E-state index contributed by atoms with van der Waals surface area (Å²) >= 11 is 1.90. The van der Waals surface area contributed by atoms with Gasteiger partial charge in [0, 0.05) is 0 Å². The summed E-state index contributed by atoms with van der Waals surface area (Å²) in [6.07, 6.45) is 7.92. The minimum atomic E-state index is 0.438. The van der Waals surface area contributed by atoms with Crippen molar-refractivity contribution < 1.29 is 4.74 Å². The average Bonchev–Trinajstić information content (AvgIpc) is 2.25. The summed E-state index contributed by atoms with van der Waals surface area (Å²) in [5.74, 6) is 2.37. The van der Waals surface area contributed by atoms with Gasteiger partial charge >= 0.3 is 0 Å². The van der Waals surface area contributed by atoms with Crippen LogP contribution in [0.4, 0.5) is 0 Å². The molecule has 14 heavy (non-hydrogen) atoms. The van der Waals surface area contributed by atoms with E-state index in [0.717, 1.165) is 13.2 Å². The first-order chi connectivity index (χ1) is 6.88. The predicted molar refractivity (Wildman–Crippen MR) is 63.7 cm³/mol. The predicted octanol–water partition coefficient (Wildman–Crippen LogP) is 2.41. The number of allylic oxidation sites excluding steroid dienone is 1. The lowest BCUT2D eigenvalue weighted by Gasteiger charge is -2.24. The Labute approximate surface area is 91.5 Å². The van der Waals surface area contributed by atoms with Crippen LogP contribution in [0, 0.1) is 0 Å². The van der Waals surface area contributed by atoms with E-state index in [2.05, 4.69) is 24.6 Å². The first kappa shape index (κ1) is 11.9. The van der Waals surface area contributed by atoms with Gasteiger partial charge in [-0.1, -0.05) is 6.92 Å². The SMILES string of the molecule is CCNC(CCSC)C1=CCCCO1. The molecule has 0 aromatic carbocycles. The van der Waals surface area contributed by atoms with Gasteiger partial charge in [0.15, 0.2) is 0 Å². The van der Waals surface area contributed by atoms with Gasteiger partial charge in [0.1, 0.15) is 5.76 Å². The van der Waals surface area contributed by atoms with E-state index in [-0.39, 0.29) is 0 Å². The van der Waals surface area contributed by atoms with E-state index < -0.39 is 0 Å². The Kier molecular flexibility index (Phi) is 6.12. The van der Waals surface area contributed by atoms with E-state index in [4.69, 9.17) is 4.74 Å². The molecule has 82 valence electrons. The van der Waals surface area contributed by atoms with Crippen molar-refractivity contribution in [3.8, 4) is 0 Å². The number of hydrogen-bond acceptors (Lipinski definition) is 3. The normalized spacial score (nSPS) is 18.6. The van der Waals surface area contributed by atoms with Crippen molar-refractivity contribution in [3.05, 3.63) is 11.8 Å². The summed E-state index contributed by atoms with van der Waals surface area (Å²) in [6, 6.07) is 0.438. The number of likely N-dealkylation sites (N-methyl/N-ethyl adjacent to an activating group) is 1. The van der Waals surface area contributed by atoms with Crippen molar-refractivity contribution in [1.82, 2.24) is 5.32 Å². The Balaban J connectivity index is 2.42. The highest BCUT2D eigenvalue weighted by molar-refractivity contribution is 7.98. The minimum Gasteiger partial charge on any atom is -0.497 e. The molecule has 0 saturated carbocycles. The van der Waals surface area contributed by atoms with Crippen molar-refractivity contribution in [2.75, 3.05) is 25.2 Å². The summed E-state index contributed by atoms with van der Waals surface area (Å²) < 4.78 is 5.68. The zero-order valence-corrected chi connectivity index (χ0v) is 10.0.